The Morgan fingerprint density at radius 3 is 2.55 bits per heavy atom. The largest absolute Gasteiger partial charge is 0.487 e. The first-order valence-electron chi connectivity index (χ1n) is 12.0. The van der Waals surface area contributed by atoms with Gasteiger partial charge in [0, 0.05) is 29.5 Å². The molecule has 0 spiro atoms. The van der Waals surface area contributed by atoms with Crippen LogP contribution in [0.1, 0.15) is 5.56 Å². The summed E-state index contributed by atoms with van der Waals surface area (Å²) in [5.74, 6) is 1.30. The molecule has 6 aromatic heterocycles. The van der Waals surface area contributed by atoms with Crippen LogP contribution in [0.25, 0.3) is 56.1 Å². The van der Waals surface area contributed by atoms with Crippen molar-refractivity contribution in [2.24, 2.45) is 0 Å². The number of fused-ring (bicyclic) bond motifs is 2. The third kappa shape index (κ3) is 4.01. The van der Waals surface area contributed by atoms with E-state index in [-0.39, 0.29) is 0 Å². The Morgan fingerprint density at radius 2 is 1.66 bits per heavy atom. The number of nitrogens with zero attached hydrogens (tertiary/aromatic N) is 6. The average molecular weight is 497 g/mol. The number of H-pyrrole nitrogens is 2. The lowest BCUT2D eigenvalue weighted by Crippen LogP contribution is -1.96. The molecule has 0 saturated carbocycles. The maximum Gasteiger partial charge on any atom is 0.159 e. The summed E-state index contributed by atoms with van der Waals surface area (Å²) in [7, 11) is 0. The van der Waals surface area contributed by atoms with Crippen LogP contribution in [0.5, 0.6) is 5.75 Å². The van der Waals surface area contributed by atoms with Gasteiger partial charge in [-0.15, -0.1) is 0 Å². The van der Waals surface area contributed by atoms with Crippen LogP contribution >= 0.6 is 0 Å². The number of aromatic nitrogens is 8. The quantitative estimate of drug-likeness (QED) is 0.308. The normalized spacial score (nSPS) is 11.3. The van der Waals surface area contributed by atoms with Crippen LogP contribution in [0.2, 0.25) is 0 Å². The molecule has 0 bridgehead atoms. The number of hydrogen-bond acceptors (Lipinski definition) is 7. The summed E-state index contributed by atoms with van der Waals surface area (Å²) in [6.07, 6.45) is 8.74. The second-order valence-electron chi connectivity index (χ2n) is 8.73. The summed E-state index contributed by atoms with van der Waals surface area (Å²) in [4.78, 5) is 26.2. The van der Waals surface area contributed by atoms with Crippen molar-refractivity contribution >= 4 is 21.9 Å². The monoisotopic (exact) mass is 496 g/mol. The van der Waals surface area contributed by atoms with Gasteiger partial charge in [0.25, 0.3) is 0 Å². The number of benzene rings is 1. The summed E-state index contributed by atoms with van der Waals surface area (Å²) < 4.78 is 5.97. The van der Waals surface area contributed by atoms with Gasteiger partial charge in [0.05, 0.1) is 34.8 Å². The predicted octanol–water partition coefficient (Wildman–Crippen LogP) is 5.60. The van der Waals surface area contributed by atoms with Gasteiger partial charge in [0.1, 0.15) is 29.3 Å². The van der Waals surface area contributed by atoms with E-state index in [1.807, 2.05) is 66.7 Å². The van der Waals surface area contributed by atoms with Crippen molar-refractivity contribution in [3.05, 3.63) is 103 Å². The van der Waals surface area contributed by atoms with E-state index in [0.29, 0.717) is 29.6 Å². The number of hydrogen-bond donors (Lipinski definition) is 2. The Hall–Kier alpha value is -5.44. The average Bonchev–Trinajstić information content (AvgIpc) is 3.61. The van der Waals surface area contributed by atoms with Gasteiger partial charge >= 0.3 is 0 Å². The molecule has 7 aromatic rings. The summed E-state index contributed by atoms with van der Waals surface area (Å²) in [6.45, 7) is 0.464. The minimum Gasteiger partial charge on any atom is -0.487 e. The second-order valence-corrected chi connectivity index (χ2v) is 8.73. The molecule has 38 heavy (non-hydrogen) atoms. The molecule has 0 aliphatic heterocycles. The van der Waals surface area contributed by atoms with Gasteiger partial charge < -0.3 is 9.72 Å². The lowest BCUT2D eigenvalue weighted by molar-refractivity contribution is 0.305. The number of pyridine rings is 4. The lowest BCUT2D eigenvalue weighted by Gasteiger charge is -2.08. The second kappa shape index (κ2) is 9.21. The van der Waals surface area contributed by atoms with Crippen molar-refractivity contribution < 1.29 is 4.74 Å². The molecule has 0 saturated heterocycles. The Morgan fingerprint density at radius 1 is 0.737 bits per heavy atom. The molecule has 9 nitrogen and oxygen atoms in total. The van der Waals surface area contributed by atoms with Gasteiger partial charge in [-0.05, 0) is 35.9 Å². The van der Waals surface area contributed by atoms with Gasteiger partial charge in [-0.1, -0.05) is 36.4 Å². The molecule has 1 aromatic carbocycles. The minimum atomic E-state index is 0.464. The van der Waals surface area contributed by atoms with E-state index >= 15 is 0 Å². The van der Waals surface area contributed by atoms with Gasteiger partial charge in [0.2, 0.25) is 0 Å². The van der Waals surface area contributed by atoms with E-state index in [1.165, 1.54) is 0 Å². The molecule has 0 unspecified atom stereocenters. The van der Waals surface area contributed by atoms with Crippen molar-refractivity contribution in [2.45, 2.75) is 6.61 Å². The highest BCUT2D eigenvalue weighted by molar-refractivity contribution is 5.96. The van der Waals surface area contributed by atoms with Crippen molar-refractivity contribution in [2.75, 3.05) is 0 Å². The van der Waals surface area contributed by atoms with Crippen LogP contribution in [-0.2, 0) is 6.61 Å². The highest BCUT2D eigenvalue weighted by Gasteiger charge is 2.17. The molecular weight excluding hydrogens is 476 g/mol. The molecule has 0 aliphatic rings. The number of nitrogens with one attached hydrogen (secondary N) is 2. The Labute approximate surface area is 216 Å². The first-order chi connectivity index (χ1) is 18.8. The maximum absolute atomic E-state index is 5.97. The summed E-state index contributed by atoms with van der Waals surface area (Å²) >= 11 is 0. The number of rotatable bonds is 6. The molecule has 0 fully saturated rings. The summed E-state index contributed by atoms with van der Waals surface area (Å²) in [6, 6.07) is 21.6. The molecule has 0 amide bonds. The molecule has 182 valence electrons. The van der Waals surface area contributed by atoms with E-state index < -0.39 is 0 Å². The fourth-order valence-electron chi connectivity index (χ4n) is 4.37. The highest BCUT2D eigenvalue weighted by Crippen LogP contribution is 2.31. The number of aromatic amines is 2. The molecule has 6 heterocycles. The van der Waals surface area contributed by atoms with Gasteiger partial charge in [-0.25, -0.2) is 4.98 Å². The topological polar surface area (TPSA) is 118 Å². The van der Waals surface area contributed by atoms with Crippen LogP contribution in [0.15, 0.2) is 97.7 Å². The molecular formula is C29H20N8O. The van der Waals surface area contributed by atoms with E-state index in [2.05, 4.69) is 35.1 Å². The zero-order valence-electron chi connectivity index (χ0n) is 20.0. The molecule has 9 heteroatoms. The van der Waals surface area contributed by atoms with Crippen LogP contribution in [0.3, 0.4) is 0 Å². The maximum atomic E-state index is 5.97. The van der Waals surface area contributed by atoms with E-state index in [1.54, 1.807) is 31.0 Å². The zero-order valence-corrected chi connectivity index (χ0v) is 20.0. The van der Waals surface area contributed by atoms with Gasteiger partial charge in [-0.3, -0.25) is 25.0 Å². The van der Waals surface area contributed by atoms with E-state index in [9.17, 15) is 0 Å². The molecule has 0 atom stereocenters. The SMILES string of the molecule is c1ccc(COc2cncc(-c3cc4c(-c5nc6c(-c7ccccn7)nccc6[nH]5)n[nH]c4cn3)c2)cc1. The number of ether oxygens (including phenoxy) is 1. The minimum absolute atomic E-state index is 0.464. The summed E-state index contributed by atoms with van der Waals surface area (Å²) in [5, 5.41) is 8.49. The fourth-order valence-corrected chi connectivity index (χ4v) is 4.37. The van der Waals surface area contributed by atoms with Crippen molar-refractivity contribution in [1.82, 2.24) is 40.1 Å². The molecule has 2 N–H and O–H groups in total. The first kappa shape index (κ1) is 21.8. The molecule has 0 radical (unpaired) electrons. The predicted molar refractivity (Wildman–Crippen MR) is 144 cm³/mol. The van der Waals surface area contributed by atoms with Gasteiger partial charge in [0.15, 0.2) is 5.82 Å². The Bertz CT molecular complexity index is 1880. The smallest absolute Gasteiger partial charge is 0.159 e. The standard InChI is InChI=1S/C29H20N8O/c1-2-6-18(7-3-1)17-38-20-12-19(14-30-15-20)24-13-21-25(16-33-24)36-37-26(21)29-34-23-9-11-32-27(28(23)35-29)22-8-4-5-10-31-22/h1-16H,17H2,(H,34,35)(H,36,37). The van der Waals surface area contributed by atoms with Crippen molar-refractivity contribution in [3.63, 3.8) is 0 Å². The highest BCUT2D eigenvalue weighted by atomic mass is 16.5. The molecule has 0 aliphatic carbocycles. The fraction of sp³-hybridized carbons (Fsp3) is 0.0345. The summed E-state index contributed by atoms with van der Waals surface area (Å²) in [5.41, 5.74) is 7.25. The Balaban J connectivity index is 1.24. The number of imidazole rings is 1. The third-order valence-electron chi connectivity index (χ3n) is 6.24. The Kier molecular flexibility index (Phi) is 5.29. The lowest BCUT2D eigenvalue weighted by atomic mass is 10.1. The van der Waals surface area contributed by atoms with Crippen LogP contribution in [0, 0.1) is 0 Å². The van der Waals surface area contributed by atoms with Crippen LogP contribution in [-0.4, -0.2) is 40.1 Å². The van der Waals surface area contributed by atoms with Crippen LogP contribution in [0.4, 0.5) is 0 Å². The molecule has 7 rings (SSSR count). The zero-order chi connectivity index (χ0) is 25.3. The van der Waals surface area contributed by atoms with E-state index in [0.717, 1.165) is 44.5 Å². The van der Waals surface area contributed by atoms with Crippen molar-refractivity contribution in [3.8, 4) is 39.9 Å². The van der Waals surface area contributed by atoms with Gasteiger partial charge in [-0.2, -0.15) is 5.10 Å². The van der Waals surface area contributed by atoms with Crippen molar-refractivity contribution in [1.29, 1.82) is 0 Å². The first-order valence-corrected chi connectivity index (χ1v) is 12.0. The van der Waals surface area contributed by atoms with E-state index in [4.69, 9.17) is 9.72 Å². The van der Waals surface area contributed by atoms with Crippen LogP contribution < -0.4 is 4.74 Å². The third-order valence-corrected chi connectivity index (χ3v) is 6.24.